The monoisotopic (exact) mass is 323 g/mol. The summed E-state index contributed by atoms with van der Waals surface area (Å²) in [6.45, 7) is 8.12. The minimum atomic E-state index is 0.608. The molecule has 2 aromatic carbocycles. The summed E-state index contributed by atoms with van der Waals surface area (Å²) in [5, 5.41) is 0. The molecule has 1 fully saturated rings. The molecule has 1 atom stereocenters. The van der Waals surface area contributed by atoms with E-state index in [1.165, 1.54) is 35.2 Å². The van der Waals surface area contributed by atoms with Crippen LogP contribution in [0.25, 0.3) is 0 Å². The van der Waals surface area contributed by atoms with Crippen LogP contribution in [0.4, 0.5) is 5.69 Å². The van der Waals surface area contributed by atoms with Gasteiger partial charge in [0.2, 0.25) is 0 Å². The van der Waals surface area contributed by atoms with Gasteiger partial charge in [-0.25, -0.2) is 0 Å². The zero-order valence-electron chi connectivity index (χ0n) is 15.0. The highest BCUT2D eigenvalue weighted by molar-refractivity contribution is 5.48. The Balaban J connectivity index is 1.71. The van der Waals surface area contributed by atoms with Gasteiger partial charge in [-0.1, -0.05) is 55.3 Å². The molecule has 0 aromatic heterocycles. The number of hydrogen-bond acceptors (Lipinski definition) is 2. The molecule has 24 heavy (non-hydrogen) atoms. The van der Waals surface area contributed by atoms with Gasteiger partial charge in [-0.15, -0.1) is 0 Å². The first kappa shape index (κ1) is 17.0. The molecule has 1 aliphatic rings. The number of hydrogen-bond donors (Lipinski definition) is 0. The zero-order valence-corrected chi connectivity index (χ0v) is 15.0. The van der Waals surface area contributed by atoms with E-state index in [9.17, 15) is 0 Å². The van der Waals surface area contributed by atoms with Gasteiger partial charge in [0.15, 0.2) is 0 Å². The van der Waals surface area contributed by atoms with Crippen LogP contribution in [0.1, 0.15) is 42.4 Å². The van der Waals surface area contributed by atoms with Crippen LogP contribution in [0.5, 0.6) is 0 Å². The van der Waals surface area contributed by atoms with Crippen LogP contribution in [-0.4, -0.2) is 26.3 Å². The van der Waals surface area contributed by atoms with Crippen molar-refractivity contribution in [3.8, 4) is 0 Å². The van der Waals surface area contributed by atoms with E-state index >= 15 is 0 Å². The fourth-order valence-corrected chi connectivity index (χ4v) is 3.52. The fourth-order valence-electron chi connectivity index (χ4n) is 3.52. The molecule has 128 valence electrons. The molecule has 3 rings (SSSR count). The van der Waals surface area contributed by atoms with Crippen LogP contribution in [0.2, 0.25) is 0 Å². The smallest absolute Gasteiger partial charge is 0.0642 e. The molecule has 0 N–H and O–H groups in total. The third-order valence-corrected chi connectivity index (χ3v) is 4.98. The maximum Gasteiger partial charge on any atom is 0.0642 e. The van der Waals surface area contributed by atoms with Crippen LogP contribution in [0.15, 0.2) is 48.5 Å². The number of anilines is 1. The Morgan fingerprint density at radius 1 is 0.958 bits per heavy atom. The van der Waals surface area contributed by atoms with Crippen LogP contribution in [-0.2, 0) is 11.2 Å². The van der Waals surface area contributed by atoms with Gasteiger partial charge in [0, 0.05) is 18.8 Å². The third-order valence-electron chi connectivity index (χ3n) is 4.98. The lowest BCUT2D eigenvalue weighted by Crippen LogP contribution is -2.36. The average Bonchev–Trinajstić information content (AvgIpc) is 2.64. The van der Waals surface area contributed by atoms with Crippen molar-refractivity contribution in [1.29, 1.82) is 0 Å². The van der Waals surface area contributed by atoms with Crippen LogP contribution in [0, 0.1) is 6.92 Å². The molecule has 0 amide bonds. The Kier molecular flexibility index (Phi) is 5.92. The molecular formula is C22H29NO. The Morgan fingerprint density at radius 3 is 2.25 bits per heavy atom. The average molecular weight is 323 g/mol. The molecule has 1 saturated heterocycles. The highest BCUT2D eigenvalue weighted by atomic mass is 16.5. The fraction of sp³-hybridized carbons (Fsp3) is 0.455. The predicted molar refractivity (Wildman–Crippen MR) is 102 cm³/mol. The maximum absolute atomic E-state index is 5.45. The minimum absolute atomic E-state index is 0.608. The van der Waals surface area contributed by atoms with Gasteiger partial charge >= 0.3 is 0 Å². The van der Waals surface area contributed by atoms with E-state index in [4.69, 9.17) is 4.74 Å². The van der Waals surface area contributed by atoms with Crippen molar-refractivity contribution in [1.82, 2.24) is 0 Å². The molecule has 2 heteroatoms. The SMILES string of the molecule is CCCC(Cc1ccc(C)cc1)c1ccc(N2CCOCC2)cc1. The maximum atomic E-state index is 5.45. The normalized spacial score (nSPS) is 16.2. The number of morpholine rings is 1. The van der Waals surface area contributed by atoms with E-state index < -0.39 is 0 Å². The van der Waals surface area contributed by atoms with Crippen molar-refractivity contribution < 1.29 is 4.74 Å². The molecular weight excluding hydrogens is 294 g/mol. The lowest BCUT2D eigenvalue weighted by molar-refractivity contribution is 0.122. The first-order valence-corrected chi connectivity index (χ1v) is 9.24. The number of nitrogens with zero attached hydrogens (tertiary/aromatic N) is 1. The largest absolute Gasteiger partial charge is 0.378 e. The van der Waals surface area contributed by atoms with Crippen LogP contribution in [0.3, 0.4) is 0 Å². The molecule has 1 aliphatic heterocycles. The van der Waals surface area contributed by atoms with Crippen molar-refractivity contribution in [3.63, 3.8) is 0 Å². The molecule has 0 aliphatic carbocycles. The van der Waals surface area contributed by atoms with Gasteiger partial charge in [-0.05, 0) is 48.9 Å². The Morgan fingerprint density at radius 2 is 1.62 bits per heavy atom. The van der Waals surface area contributed by atoms with Crippen molar-refractivity contribution in [2.75, 3.05) is 31.2 Å². The highest BCUT2D eigenvalue weighted by Gasteiger charge is 2.14. The Labute approximate surface area is 146 Å². The molecule has 0 bridgehead atoms. The number of benzene rings is 2. The van der Waals surface area contributed by atoms with Crippen molar-refractivity contribution in [2.24, 2.45) is 0 Å². The summed E-state index contributed by atoms with van der Waals surface area (Å²) in [7, 11) is 0. The third kappa shape index (κ3) is 4.39. The Hall–Kier alpha value is -1.80. The second-order valence-corrected chi connectivity index (χ2v) is 6.87. The molecule has 1 unspecified atom stereocenters. The summed E-state index contributed by atoms with van der Waals surface area (Å²) in [4.78, 5) is 2.42. The molecule has 2 aromatic rings. The van der Waals surface area contributed by atoms with Gasteiger partial charge in [-0.3, -0.25) is 0 Å². The summed E-state index contributed by atoms with van der Waals surface area (Å²) < 4.78 is 5.45. The molecule has 0 radical (unpaired) electrons. The Bertz CT molecular complexity index is 611. The van der Waals surface area contributed by atoms with Gasteiger partial charge in [0.1, 0.15) is 0 Å². The van der Waals surface area contributed by atoms with E-state index in [0.717, 1.165) is 32.7 Å². The van der Waals surface area contributed by atoms with E-state index in [2.05, 4.69) is 67.3 Å². The van der Waals surface area contributed by atoms with Crippen LogP contribution >= 0.6 is 0 Å². The summed E-state index contributed by atoms with van der Waals surface area (Å²) in [5.74, 6) is 0.608. The van der Waals surface area contributed by atoms with Crippen molar-refractivity contribution >= 4 is 5.69 Å². The number of rotatable bonds is 6. The highest BCUT2D eigenvalue weighted by Crippen LogP contribution is 2.28. The van der Waals surface area contributed by atoms with E-state index in [1.807, 2.05) is 0 Å². The predicted octanol–water partition coefficient (Wildman–Crippen LogP) is 4.96. The number of aryl methyl sites for hydroxylation is 1. The van der Waals surface area contributed by atoms with Gasteiger partial charge in [0.25, 0.3) is 0 Å². The van der Waals surface area contributed by atoms with E-state index in [0.29, 0.717) is 5.92 Å². The van der Waals surface area contributed by atoms with Crippen molar-refractivity contribution in [3.05, 3.63) is 65.2 Å². The molecule has 0 spiro atoms. The van der Waals surface area contributed by atoms with E-state index in [-0.39, 0.29) is 0 Å². The lowest BCUT2D eigenvalue weighted by Gasteiger charge is -2.29. The summed E-state index contributed by atoms with van der Waals surface area (Å²) in [6.07, 6.45) is 3.59. The van der Waals surface area contributed by atoms with E-state index in [1.54, 1.807) is 0 Å². The van der Waals surface area contributed by atoms with Gasteiger partial charge in [0.05, 0.1) is 13.2 Å². The molecule has 1 heterocycles. The first-order valence-electron chi connectivity index (χ1n) is 9.24. The van der Waals surface area contributed by atoms with Crippen molar-refractivity contribution in [2.45, 2.75) is 39.0 Å². The first-order chi connectivity index (χ1) is 11.8. The lowest BCUT2D eigenvalue weighted by atomic mass is 9.88. The molecule has 0 saturated carbocycles. The number of ether oxygens (including phenoxy) is 1. The summed E-state index contributed by atoms with van der Waals surface area (Å²) >= 11 is 0. The minimum Gasteiger partial charge on any atom is -0.378 e. The van der Waals surface area contributed by atoms with Crippen LogP contribution < -0.4 is 4.90 Å². The molecule has 2 nitrogen and oxygen atoms in total. The standard InChI is InChI=1S/C22H29NO/c1-3-4-21(17-19-7-5-18(2)6-8-19)20-9-11-22(12-10-20)23-13-15-24-16-14-23/h5-12,21H,3-4,13-17H2,1-2H3. The quantitative estimate of drug-likeness (QED) is 0.745. The zero-order chi connectivity index (χ0) is 16.8. The summed E-state index contributed by atoms with van der Waals surface area (Å²) in [5.41, 5.74) is 5.57. The second-order valence-electron chi connectivity index (χ2n) is 6.87. The van der Waals surface area contributed by atoms with Gasteiger partial charge in [-0.2, -0.15) is 0 Å². The summed E-state index contributed by atoms with van der Waals surface area (Å²) in [6, 6.07) is 18.2. The van der Waals surface area contributed by atoms with Gasteiger partial charge < -0.3 is 9.64 Å². The second kappa shape index (κ2) is 8.34. The topological polar surface area (TPSA) is 12.5 Å².